The van der Waals surface area contributed by atoms with Crippen LogP contribution in [-0.2, 0) is 9.53 Å². The minimum atomic E-state index is -1.06. The summed E-state index contributed by atoms with van der Waals surface area (Å²) >= 11 is 3.25. The molecule has 0 heterocycles. The van der Waals surface area contributed by atoms with Gasteiger partial charge in [-0.1, -0.05) is 41.9 Å². The monoisotopic (exact) mass is 317 g/mol. The van der Waals surface area contributed by atoms with Crippen molar-refractivity contribution in [2.24, 2.45) is 5.73 Å². The molecule has 100 valence electrons. The minimum absolute atomic E-state index is 0.315. The number of primary amides is 1. The number of ether oxygens (including phenoxy) is 1. The summed E-state index contributed by atoms with van der Waals surface area (Å²) in [4.78, 5) is 21.2. The van der Waals surface area contributed by atoms with Gasteiger partial charge in [-0.25, -0.2) is 4.79 Å². The fourth-order valence-corrected chi connectivity index (χ4v) is 1.47. The van der Waals surface area contributed by atoms with Crippen molar-refractivity contribution in [2.45, 2.75) is 26.4 Å². The first-order valence-electron chi connectivity index (χ1n) is 5.42. The third-order valence-electron chi connectivity index (χ3n) is 1.86. The Hall–Kier alpha value is -1.56. The Morgan fingerprint density at radius 3 is 2.22 bits per heavy atom. The maximum Gasteiger partial charge on any atom is 0.405 e. The molecule has 0 saturated heterocycles. The lowest BCUT2D eigenvalue weighted by atomic mass is 10.1. The maximum absolute atomic E-state index is 10.6. The molecule has 1 atom stereocenters. The number of benzene rings is 1. The predicted molar refractivity (Wildman–Crippen MR) is 71.2 cm³/mol. The Morgan fingerprint density at radius 2 is 1.83 bits per heavy atom. The number of aliphatic carboxylic acids is 1. The molecule has 18 heavy (non-hydrogen) atoms. The molecule has 0 bridgehead atoms. The van der Waals surface area contributed by atoms with Crippen molar-refractivity contribution >= 4 is 28.0 Å². The lowest BCUT2D eigenvalue weighted by molar-refractivity contribution is -0.139. The highest BCUT2D eigenvalue weighted by Gasteiger charge is 2.18. The van der Waals surface area contributed by atoms with Crippen molar-refractivity contribution in [1.29, 1.82) is 0 Å². The van der Waals surface area contributed by atoms with Crippen molar-refractivity contribution in [3.63, 3.8) is 0 Å². The number of carbonyl (C=O) groups excluding carboxylic acids is 1. The zero-order valence-corrected chi connectivity index (χ0v) is 11.8. The van der Waals surface area contributed by atoms with Crippen LogP contribution in [-0.4, -0.2) is 17.2 Å². The topological polar surface area (TPSA) is 89.6 Å². The number of halogens is 1. The van der Waals surface area contributed by atoms with Crippen LogP contribution in [0.1, 0.15) is 31.9 Å². The van der Waals surface area contributed by atoms with E-state index in [4.69, 9.17) is 15.6 Å². The molecule has 0 saturated carbocycles. The minimum Gasteiger partial charge on any atom is -0.481 e. The van der Waals surface area contributed by atoms with Crippen LogP contribution >= 0.6 is 15.9 Å². The molecule has 0 fully saturated rings. The second-order valence-corrected chi connectivity index (χ2v) is 3.99. The number of hydrogen-bond donors (Lipinski definition) is 2. The molecule has 3 N–H and O–H groups in total. The molecule has 1 aromatic carbocycles. The highest BCUT2D eigenvalue weighted by Crippen LogP contribution is 2.23. The van der Waals surface area contributed by atoms with Gasteiger partial charge in [-0.3, -0.25) is 4.79 Å². The predicted octanol–water partition coefficient (Wildman–Crippen LogP) is 3.09. The molecule has 1 rings (SSSR count). The fourth-order valence-electron chi connectivity index (χ4n) is 1.20. The average Bonchev–Trinajstić information content (AvgIpc) is 2.30. The molecule has 0 aliphatic rings. The van der Waals surface area contributed by atoms with Gasteiger partial charge in [-0.05, 0) is 17.7 Å². The third kappa shape index (κ3) is 6.24. The van der Waals surface area contributed by atoms with Gasteiger partial charge in [0.1, 0.15) is 6.10 Å². The molecule has 0 aliphatic heterocycles. The SMILES string of the molecule is CC.NC(=O)OC(CC(=O)O)c1ccc(Br)cc1. The van der Waals surface area contributed by atoms with Crippen LogP contribution in [0.4, 0.5) is 4.79 Å². The Balaban J connectivity index is 0.00000137. The molecule has 0 radical (unpaired) electrons. The number of carboxylic acids is 1. The van der Waals surface area contributed by atoms with Crippen molar-refractivity contribution in [1.82, 2.24) is 0 Å². The van der Waals surface area contributed by atoms with Crippen LogP contribution in [0.2, 0.25) is 0 Å². The van der Waals surface area contributed by atoms with Crippen molar-refractivity contribution < 1.29 is 19.4 Å². The summed E-state index contributed by atoms with van der Waals surface area (Å²) in [5, 5.41) is 8.67. The number of rotatable bonds is 4. The van der Waals surface area contributed by atoms with Crippen molar-refractivity contribution in [3.05, 3.63) is 34.3 Å². The molecule has 1 amide bonds. The van der Waals surface area contributed by atoms with Crippen molar-refractivity contribution in [3.8, 4) is 0 Å². The highest BCUT2D eigenvalue weighted by atomic mass is 79.9. The smallest absolute Gasteiger partial charge is 0.405 e. The molecule has 0 aromatic heterocycles. The van der Waals surface area contributed by atoms with E-state index in [2.05, 4.69) is 15.9 Å². The second kappa shape index (κ2) is 8.52. The van der Waals surface area contributed by atoms with Gasteiger partial charge in [0.05, 0.1) is 6.42 Å². The van der Waals surface area contributed by atoms with Crippen LogP contribution in [0.3, 0.4) is 0 Å². The highest BCUT2D eigenvalue weighted by molar-refractivity contribution is 9.10. The van der Waals surface area contributed by atoms with Gasteiger partial charge in [0.15, 0.2) is 0 Å². The molecule has 6 heteroatoms. The van der Waals surface area contributed by atoms with Gasteiger partial charge in [-0.2, -0.15) is 0 Å². The summed E-state index contributed by atoms with van der Waals surface area (Å²) in [5.41, 5.74) is 5.46. The summed E-state index contributed by atoms with van der Waals surface area (Å²) in [6.07, 6.45) is -2.16. The number of carboxylic acid groups (broad SMARTS) is 1. The molecule has 0 spiro atoms. The van der Waals surface area contributed by atoms with Crippen molar-refractivity contribution in [2.75, 3.05) is 0 Å². The van der Waals surface area contributed by atoms with Crippen LogP contribution < -0.4 is 5.73 Å². The number of hydrogen-bond acceptors (Lipinski definition) is 3. The van der Waals surface area contributed by atoms with Crippen LogP contribution in [0.25, 0.3) is 0 Å². The van der Waals surface area contributed by atoms with E-state index in [-0.39, 0.29) is 6.42 Å². The van der Waals surface area contributed by atoms with Crippen LogP contribution in [0, 0.1) is 0 Å². The Morgan fingerprint density at radius 1 is 1.33 bits per heavy atom. The van der Waals surface area contributed by atoms with Gasteiger partial charge in [0.2, 0.25) is 0 Å². The molecular formula is C12H16BrNO4. The summed E-state index contributed by atoms with van der Waals surface area (Å²) in [5.74, 6) is -1.06. The molecule has 1 aromatic rings. The average molecular weight is 318 g/mol. The van der Waals surface area contributed by atoms with E-state index in [1.54, 1.807) is 24.3 Å². The van der Waals surface area contributed by atoms with Gasteiger partial charge < -0.3 is 15.6 Å². The summed E-state index contributed by atoms with van der Waals surface area (Å²) in [6, 6.07) is 6.80. The number of carbonyl (C=O) groups is 2. The summed E-state index contributed by atoms with van der Waals surface area (Å²) in [6.45, 7) is 4.00. The fraction of sp³-hybridized carbons (Fsp3) is 0.333. The Labute approximate surface area is 114 Å². The van der Waals surface area contributed by atoms with E-state index in [1.165, 1.54) is 0 Å². The molecule has 5 nitrogen and oxygen atoms in total. The first-order chi connectivity index (χ1) is 8.49. The zero-order valence-electron chi connectivity index (χ0n) is 10.2. The standard InChI is InChI=1S/C10H10BrNO4.C2H6/c11-7-3-1-6(2-4-7)8(5-9(13)14)16-10(12)15;1-2/h1-4,8H,5H2,(H2,12,15)(H,13,14);1-2H3. The van der Waals surface area contributed by atoms with E-state index in [0.717, 1.165) is 4.47 Å². The molecule has 0 aliphatic carbocycles. The summed E-state index contributed by atoms with van der Waals surface area (Å²) in [7, 11) is 0. The summed E-state index contributed by atoms with van der Waals surface area (Å²) < 4.78 is 5.58. The second-order valence-electron chi connectivity index (χ2n) is 3.07. The number of nitrogens with two attached hydrogens (primary N) is 1. The molecular weight excluding hydrogens is 302 g/mol. The first-order valence-corrected chi connectivity index (χ1v) is 6.21. The quantitative estimate of drug-likeness (QED) is 0.892. The van der Waals surface area contributed by atoms with Crippen LogP contribution in [0.15, 0.2) is 28.7 Å². The normalized spacial score (nSPS) is 10.8. The van der Waals surface area contributed by atoms with Crippen LogP contribution in [0.5, 0.6) is 0 Å². The third-order valence-corrected chi connectivity index (χ3v) is 2.39. The Kier molecular flexibility index (Phi) is 7.78. The number of amides is 1. The lowest BCUT2D eigenvalue weighted by Gasteiger charge is -2.14. The van der Waals surface area contributed by atoms with E-state index >= 15 is 0 Å². The van der Waals surface area contributed by atoms with Gasteiger partial charge in [-0.15, -0.1) is 0 Å². The van der Waals surface area contributed by atoms with E-state index in [9.17, 15) is 9.59 Å². The molecule has 1 unspecified atom stereocenters. The van der Waals surface area contributed by atoms with Gasteiger partial charge in [0.25, 0.3) is 0 Å². The zero-order chi connectivity index (χ0) is 14.1. The largest absolute Gasteiger partial charge is 0.481 e. The van der Waals surface area contributed by atoms with E-state index < -0.39 is 18.2 Å². The van der Waals surface area contributed by atoms with E-state index in [0.29, 0.717) is 5.56 Å². The first kappa shape index (κ1) is 16.4. The van der Waals surface area contributed by atoms with Gasteiger partial charge >= 0.3 is 12.1 Å². The Bertz CT molecular complexity index is 376. The maximum atomic E-state index is 10.6. The lowest BCUT2D eigenvalue weighted by Crippen LogP contribution is -2.19. The van der Waals surface area contributed by atoms with E-state index in [1.807, 2.05) is 13.8 Å². The van der Waals surface area contributed by atoms with Gasteiger partial charge in [0, 0.05) is 4.47 Å².